The highest BCUT2D eigenvalue weighted by Gasteiger charge is 2.27. The predicted octanol–water partition coefficient (Wildman–Crippen LogP) is 3.63. The van der Waals surface area contributed by atoms with Crippen molar-refractivity contribution in [3.8, 4) is 0 Å². The van der Waals surface area contributed by atoms with Gasteiger partial charge in [-0.2, -0.15) is 0 Å². The molecular weight excluding hydrogens is 234 g/mol. The fraction of sp³-hybridized carbons (Fsp3) is 0.462. The van der Waals surface area contributed by atoms with Gasteiger partial charge in [0.2, 0.25) is 5.95 Å². The van der Waals surface area contributed by atoms with E-state index in [1.165, 1.54) is 19.3 Å². The Kier molecular flexibility index (Phi) is 2.51. The predicted molar refractivity (Wildman–Crippen MR) is 71.2 cm³/mol. The second kappa shape index (κ2) is 3.91. The number of halogens is 1. The van der Waals surface area contributed by atoms with E-state index < -0.39 is 0 Å². The van der Waals surface area contributed by atoms with Crippen molar-refractivity contribution < 1.29 is 0 Å². The summed E-state index contributed by atoms with van der Waals surface area (Å²) in [4.78, 5) is 4.42. The van der Waals surface area contributed by atoms with Gasteiger partial charge in [0, 0.05) is 11.1 Å². The molecule has 4 heteroatoms. The third kappa shape index (κ3) is 1.69. The van der Waals surface area contributed by atoms with E-state index in [1.54, 1.807) is 0 Å². The molecule has 1 heterocycles. The quantitative estimate of drug-likeness (QED) is 0.839. The van der Waals surface area contributed by atoms with Crippen molar-refractivity contribution in [3.05, 3.63) is 23.2 Å². The molecule has 1 saturated carbocycles. The lowest BCUT2D eigenvalue weighted by Crippen LogP contribution is -2.14. The maximum Gasteiger partial charge on any atom is 0.201 e. The third-order valence-electron chi connectivity index (χ3n) is 3.83. The summed E-state index contributed by atoms with van der Waals surface area (Å²) in [6, 6.07) is 6.23. The van der Waals surface area contributed by atoms with E-state index in [2.05, 4.69) is 16.5 Å². The van der Waals surface area contributed by atoms with Crippen LogP contribution in [0.4, 0.5) is 5.95 Å². The molecule has 0 radical (unpaired) electrons. The summed E-state index contributed by atoms with van der Waals surface area (Å²) in [7, 11) is 0. The van der Waals surface area contributed by atoms with Crippen LogP contribution in [-0.2, 0) is 0 Å². The molecule has 2 unspecified atom stereocenters. The zero-order valence-electron chi connectivity index (χ0n) is 9.86. The van der Waals surface area contributed by atoms with Gasteiger partial charge in [-0.3, -0.25) is 0 Å². The molecule has 0 saturated heterocycles. The maximum atomic E-state index is 6.06. The Hall–Kier alpha value is -1.22. The molecule has 90 valence electrons. The summed E-state index contributed by atoms with van der Waals surface area (Å²) in [5, 5.41) is 0.740. The van der Waals surface area contributed by atoms with Crippen molar-refractivity contribution in [2.75, 3.05) is 5.73 Å². The van der Waals surface area contributed by atoms with Crippen LogP contribution in [0.15, 0.2) is 18.2 Å². The van der Waals surface area contributed by atoms with Gasteiger partial charge < -0.3 is 10.3 Å². The molecule has 1 aliphatic carbocycles. The van der Waals surface area contributed by atoms with Gasteiger partial charge in [0.1, 0.15) is 0 Å². The molecule has 3 rings (SSSR count). The van der Waals surface area contributed by atoms with Crippen molar-refractivity contribution >= 4 is 28.6 Å². The monoisotopic (exact) mass is 249 g/mol. The van der Waals surface area contributed by atoms with Gasteiger partial charge in [0.25, 0.3) is 0 Å². The summed E-state index contributed by atoms with van der Waals surface area (Å²) < 4.78 is 2.17. The number of anilines is 1. The highest BCUT2D eigenvalue weighted by Crippen LogP contribution is 2.39. The minimum Gasteiger partial charge on any atom is -0.369 e. The second-order valence-electron chi connectivity index (χ2n) is 4.95. The van der Waals surface area contributed by atoms with E-state index in [1.807, 2.05) is 18.2 Å². The second-order valence-corrected chi connectivity index (χ2v) is 5.39. The molecular formula is C13H16ClN3. The number of nitrogens with zero attached hydrogens (tertiary/aromatic N) is 2. The largest absolute Gasteiger partial charge is 0.369 e. The zero-order chi connectivity index (χ0) is 12.0. The van der Waals surface area contributed by atoms with Gasteiger partial charge in [-0.15, -0.1) is 0 Å². The molecule has 1 fully saturated rings. The van der Waals surface area contributed by atoms with Gasteiger partial charge in [-0.05, 0) is 37.0 Å². The first-order valence-corrected chi connectivity index (χ1v) is 6.47. The highest BCUT2D eigenvalue weighted by atomic mass is 35.5. The smallest absolute Gasteiger partial charge is 0.201 e. The van der Waals surface area contributed by atoms with E-state index in [-0.39, 0.29) is 0 Å². The summed E-state index contributed by atoms with van der Waals surface area (Å²) in [5.41, 5.74) is 8.05. The molecule has 1 aromatic carbocycles. The number of hydrogen-bond donors (Lipinski definition) is 1. The van der Waals surface area contributed by atoms with Crippen LogP contribution in [0.1, 0.15) is 32.2 Å². The third-order valence-corrected chi connectivity index (χ3v) is 4.06. The standard InChI is InChI=1S/C13H16ClN3/c1-8-3-2-4-11(8)17-12-7-9(14)5-6-10(12)16-13(17)15/h5-8,11H,2-4H2,1H3,(H2,15,16). The Bertz CT molecular complexity index is 561. The summed E-state index contributed by atoms with van der Waals surface area (Å²) in [6.07, 6.45) is 3.72. The van der Waals surface area contributed by atoms with Gasteiger partial charge in [0.05, 0.1) is 11.0 Å². The van der Waals surface area contributed by atoms with Crippen molar-refractivity contribution in [1.82, 2.24) is 9.55 Å². The van der Waals surface area contributed by atoms with E-state index >= 15 is 0 Å². The van der Waals surface area contributed by atoms with Crippen LogP contribution in [0, 0.1) is 5.92 Å². The first kappa shape index (κ1) is 10.9. The topological polar surface area (TPSA) is 43.8 Å². The zero-order valence-corrected chi connectivity index (χ0v) is 10.6. The van der Waals surface area contributed by atoms with E-state index in [0.717, 1.165) is 16.1 Å². The van der Waals surface area contributed by atoms with Crippen LogP contribution in [0.3, 0.4) is 0 Å². The molecule has 0 aliphatic heterocycles. The molecule has 17 heavy (non-hydrogen) atoms. The number of benzene rings is 1. The Labute approximate surface area is 106 Å². The number of aromatic nitrogens is 2. The summed E-state index contributed by atoms with van der Waals surface area (Å²) in [5.74, 6) is 1.27. The molecule has 2 aromatic rings. The first-order valence-electron chi connectivity index (χ1n) is 6.10. The lowest BCUT2D eigenvalue weighted by atomic mass is 10.1. The molecule has 3 nitrogen and oxygen atoms in total. The van der Waals surface area contributed by atoms with Crippen LogP contribution < -0.4 is 5.73 Å². The lowest BCUT2D eigenvalue weighted by molar-refractivity contribution is 0.421. The molecule has 1 aromatic heterocycles. The van der Waals surface area contributed by atoms with Crippen LogP contribution in [0.25, 0.3) is 11.0 Å². The van der Waals surface area contributed by atoms with E-state index in [4.69, 9.17) is 17.3 Å². The number of hydrogen-bond acceptors (Lipinski definition) is 2. The summed E-state index contributed by atoms with van der Waals surface area (Å²) in [6.45, 7) is 2.29. The average molecular weight is 250 g/mol. The Balaban J connectivity index is 2.20. The molecule has 1 aliphatic rings. The molecule has 2 N–H and O–H groups in total. The molecule has 0 bridgehead atoms. The number of nitrogens with two attached hydrogens (primary N) is 1. The normalized spacial score (nSPS) is 24.6. The summed E-state index contributed by atoms with van der Waals surface area (Å²) >= 11 is 6.06. The van der Waals surface area contributed by atoms with Crippen LogP contribution >= 0.6 is 11.6 Å². The Morgan fingerprint density at radius 2 is 2.24 bits per heavy atom. The van der Waals surface area contributed by atoms with Gasteiger partial charge in [-0.1, -0.05) is 24.9 Å². The number of fused-ring (bicyclic) bond motifs is 1. The van der Waals surface area contributed by atoms with Crippen molar-refractivity contribution in [2.24, 2.45) is 5.92 Å². The number of rotatable bonds is 1. The minimum absolute atomic E-state index is 0.471. The van der Waals surface area contributed by atoms with Crippen molar-refractivity contribution in [1.29, 1.82) is 0 Å². The number of imidazole rings is 1. The highest BCUT2D eigenvalue weighted by molar-refractivity contribution is 6.31. The SMILES string of the molecule is CC1CCCC1n1c(N)nc2ccc(Cl)cc21. The van der Waals surface area contributed by atoms with Crippen LogP contribution in [0.2, 0.25) is 5.02 Å². The fourth-order valence-corrected chi connectivity index (χ4v) is 3.11. The van der Waals surface area contributed by atoms with Crippen molar-refractivity contribution in [3.63, 3.8) is 0 Å². The van der Waals surface area contributed by atoms with Crippen LogP contribution in [-0.4, -0.2) is 9.55 Å². The average Bonchev–Trinajstić information content (AvgIpc) is 2.81. The minimum atomic E-state index is 0.471. The van der Waals surface area contributed by atoms with E-state index in [9.17, 15) is 0 Å². The molecule has 0 spiro atoms. The Morgan fingerprint density at radius 1 is 1.41 bits per heavy atom. The fourth-order valence-electron chi connectivity index (χ4n) is 2.94. The van der Waals surface area contributed by atoms with Gasteiger partial charge in [0.15, 0.2) is 0 Å². The Morgan fingerprint density at radius 3 is 2.94 bits per heavy atom. The van der Waals surface area contributed by atoms with Crippen molar-refractivity contribution in [2.45, 2.75) is 32.2 Å². The van der Waals surface area contributed by atoms with Crippen LogP contribution in [0.5, 0.6) is 0 Å². The molecule has 0 amide bonds. The van der Waals surface area contributed by atoms with Gasteiger partial charge >= 0.3 is 0 Å². The van der Waals surface area contributed by atoms with Gasteiger partial charge in [-0.25, -0.2) is 4.98 Å². The van der Waals surface area contributed by atoms with E-state index in [0.29, 0.717) is 17.9 Å². The lowest BCUT2D eigenvalue weighted by Gasteiger charge is -2.19. The maximum absolute atomic E-state index is 6.06. The molecule has 2 atom stereocenters. The first-order chi connectivity index (χ1) is 8.16. The number of nitrogen functional groups attached to an aromatic ring is 1.